The maximum atomic E-state index is 9.66. The van der Waals surface area contributed by atoms with Crippen LogP contribution in [0.5, 0.6) is 0 Å². The quantitative estimate of drug-likeness (QED) is 0.677. The number of aliphatic hydroxyl groups excluding tert-OH is 1. The number of ether oxygens (including phenoxy) is 2. The van der Waals surface area contributed by atoms with Crippen LogP contribution in [0, 0.1) is 0 Å². The Morgan fingerprint density at radius 1 is 1.11 bits per heavy atom. The van der Waals surface area contributed by atoms with Gasteiger partial charge in [-0.1, -0.05) is 24.3 Å². The van der Waals surface area contributed by atoms with Crippen molar-refractivity contribution >= 4 is 0 Å². The first-order chi connectivity index (χ1) is 9.27. The second-order valence-electron chi connectivity index (χ2n) is 4.35. The molecule has 0 aliphatic rings. The molecule has 1 atom stereocenters. The third-order valence-corrected chi connectivity index (χ3v) is 2.79. The average molecular weight is 267 g/mol. The Morgan fingerprint density at radius 2 is 1.79 bits per heavy atom. The predicted molar refractivity (Wildman–Crippen MR) is 76.0 cm³/mol. The summed E-state index contributed by atoms with van der Waals surface area (Å²) in [5.41, 5.74) is 2.40. The van der Waals surface area contributed by atoms with Crippen LogP contribution in [0.4, 0.5) is 0 Å². The largest absolute Gasteiger partial charge is 0.389 e. The summed E-state index contributed by atoms with van der Waals surface area (Å²) >= 11 is 0. The van der Waals surface area contributed by atoms with Gasteiger partial charge < -0.3 is 19.9 Å². The van der Waals surface area contributed by atoms with E-state index in [1.165, 1.54) is 11.1 Å². The van der Waals surface area contributed by atoms with Gasteiger partial charge in [-0.25, -0.2) is 0 Å². The Morgan fingerprint density at radius 3 is 2.47 bits per heavy atom. The minimum Gasteiger partial charge on any atom is -0.389 e. The van der Waals surface area contributed by atoms with Crippen molar-refractivity contribution in [2.24, 2.45) is 0 Å². The van der Waals surface area contributed by atoms with Crippen LogP contribution in [0.25, 0.3) is 0 Å². The van der Waals surface area contributed by atoms with Gasteiger partial charge in [-0.2, -0.15) is 0 Å². The molecule has 0 spiro atoms. The molecule has 1 aromatic carbocycles. The summed E-state index contributed by atoms with van der Waals surface area (Å²) in [6, 6.07) is 8.18. The van der Waals surface area contributed by atoms with E-state index in [1.807, 2.05) is 26.0 Å². The van der Waals surface area contributed by atoms with Gasteiger partial charge in [-0.3, -0.25) is 0 Å². The standard InChI is InChI=1S/C15H25NO3/c1-3-18-11-14-8-6-5-7-13(14)9-16-10-15(17)12-19-4-2/h5-8,15-17H,3-4,9-12H2,1-2H3. The van der Waals surface area contributed by atoms with E-state index in [9.17, 15) is 5.11 Å². The molecule has 0 bridgehead atoms. The molecule has 1 aromatic rings. The molecule has 4 heteroatoms. The zero-order chi connectivity index (χ0) is 13.9. The zero-order valence-corrected chi connectivity index (χ0v) is 11.9. The summed E-state index contributed by atoms with van der Waals surface area (Å²) in [4.78, 5) is 0. The fourth-order valence-corrected chi connectivity index (χ4v) is 1.77. The summed E-state index contributed by atoms with van der Waals surface area (Å²) in [7, 11) is 0. The molecule has 0 fully saturated rings. The Balaban J connectivity index is 2.35. The zero-order valence-electron chi connectivity index (χ0n) is 11.9. The van der Waals surface area contributed by atoms with Crippen molar-refractivity contribution in [3.8, 4) is 0 Å². The van der Waals surface area contributed by atoms with Crippen molar-refractivity contribution in [2.45, 2.75) is 33.1 Å². The van der Waals surface area contributed by atoms with Gasteiger partial charge in [0.2, 0.25) is 0 Å². The van der Waals surface area contributed by atoms with Gasteiger partial charge in [-0.15, -0.1) is 0 Å². The van der Waals surface area contributed by atoms with Crippen LogP contribution < -0.4 is 5.32 Å². The van der Waals surface area contributed by atoms with Crippen LogP contribution in [0.2, 0.25) is 0 Å². The van der Waals surface area contributed by atoms with Gasteiger partial charge in [-0.05, 0) is 25.0 Å². The van der Waals surface area contributed by atoms with Gasteiger partial charge in [0.05, 0.1) is 19.3 Å². The summed E-state index contributed by atoms with van der Waals surface area (Å²) in [5.74, 6) is 0. The number of nitrogens with one attached hydrogen (secondary N) is 1. The lowest BCUT2D eigenvalue weighted by molar-refractivity contribution is 0.0427. The van der Waals surface area contributed by atoms with Crippen molar-refractivity contribution in [1.29, 1.82) is 0 Å². The maximum absolute atomic E-state index is 9.66. The summed E-state index contributed by atoms with van der Waals surface area (Å²) in [5, 5.41) is 12.9. The highest BCUT2D eigenvalue weighted by Crippen LogP contribution is 2.09. The summed E-state index contributed by atoms with van der Waals surface area (Å²) in [6.45, 7) is 7.54. The van der Waals surface area contributed by atoms with Crippen molar-refractivity contribution in [3.63, 3.8) is 0 Å². The first-order valence-electron chi connectivity index (χ1n) is 6.89. The maximum Gasteiger partial charge on any atom is 0.0897 e. The smallest absolute Gasteiger partial charge is 0.0897 e. The van der Waals surface area contributed by atoms with Gasteiger partial charge >= 0.3 is 0 Å². The van der Waals surface area contributed by atoms with E-state index in [0.29, 0.717) is 26.4 Å². The van der Waals surface area contributed by atoms with Crippen LogP contribution in [-0.4, -0.2) is 37.6 Å². The topological polar surface area (TPSA) is 50.7 Å². The van der Waals surface area contributed by atoms with E-state index in [-0.39, 0.29) is 0 Å². The first-order valence-corrected chi connectivity index (χ1v) is 6.89. The number of hydrogen-bond acceptors (Lipinski definition) is 4. The molecule has 4 nitrogen and oxygen atoms in total. The molecule has 0 saturated heterocycles. The van der Waals surface area contributed by atoms with Crippen molar-refractivity contribution in [3.05, 3.63) is 35.4 Å². The molecule has 0 amide bonds. The van der Waals surface area contributed by atoms with Crippen molar-refractivity contribution in [1.82, 2.24) is 5.32 Å². The molecule has 0 heterocycles. The second kappa shape index (κ2) is 9.92. The number of benzene rings is 1. The molecule has 0 aliphatic heterocycles. The molecule has 0 saturated carbocycles. The van der Waals surface area contributed by atoms with Crippen molar-refractivity contribution < 1.29 is 14.6 Å². The van der Waals surface area contributed by atoms with Crippen LogP contribution in [0.1, 0.15) is 25.0 Å². The van der Waals surface area contributed by atoms with Crippen LogP contribution in [0.3, 0.4) is 0 Å². The first kappa shape index (κ1) is 16.1. The molecule has 1 unspecified atom stereocenters. The van der Waals surface area contributed by atoms with Gasteiger partial charge in [0.1, 0.15) is 0 Å². The minimum atomic E-state index is -0.459. The second-order valence-corrected chi connectivity index (χ2v) is 4.35. The molecule has 0 aliphatic carbocycles. The lowest BCUT2D eigenvalue weighted by Crippen LogP contribution is -2.30. The fraction of sp³-hybridized carbons (Fsp3) is 0.600. The summed E-state index contributed by atoms with van der Waals surface area (Å²) in [6.07, 6.45) is -0.459. The number of rotatable bonds is 10. The molecule has 0 radical (unpaired) electrons. The predicted octanol–water partition coefficient (Wildman–Crippen LogP) is 1.71. The minimum absolute atomic E-state index is 0.379. The highest BCUT2D eigenvalue weighted by molar-refractivity contribution is 5.26. The molecular formula is C15H25NO3. The Labute approximate surface area is 115 Å². The van der Waals surface area contributed by atoms with E-state index in [1.54, 1.807) is 0 Å². The lowest BCUT2D eigenvalue weighted by atomic mass is 10.1. The monoisotopic (exact) mass is 267 g/mol. The third-order valence-electron chi connectivity index (χ3n) is 2.79. The fourth-order valence-electron chi connectivity index (χ4n) is 1.77. The summed E-state index contributed by atoms with van der Waals surface area (Å²) < 4.78 is 10.6. The van der Waals surface area contributed by atoms with E-state index in [4.69, 9.17) is 9.47 Å². The number of aliphatic hydroxyl groups is 1. The highest BCUT2D eigenvalue weighted by atomic mass is 16.5. The lowest BCUT2D eigenvalue weighted by Gasteiger charge is -2.13. The SMILES string of the molecule is CCOCc1ccccc1CNCC(O)COCC. The highest BCUT2D eigenvalue weighted by Gasteiger charge is 2.05. The molecule has 1 rings (SSSR count). The van der Waals surface area contributed by atoms with Crippen LogP contribution in [0.15, 0.2) is 24.3 Å². The van der Waals surface area contributed by atoms with E-state index >= 15 is 0 Å². The van der Waals surface area contributed by atoms with E-state index < -0.39 is 6.10 Å². The van der Waals surface area contributed by atoms with Crippen LogP contribution >= 0.6 is 0 Å². The van der Waals surface area contributed by atoms with Gasteiger partial charge in [0.15, 0.2) is 0 Å². The number of hydrogen-bond donors (Lipinski definition) is 2. The van der Waals surface area contributed by atoms with Gasteiger partial charge in [0.25, 0.3) is 0 Å². The molecule has 2 N–H and O–H groups in total. The van der Waals surface area contributed by atoms with E-state index in [0.717, 1.165) is 13.2 Å². The van der Waals surface area contributed by atoms with Gasteiger partial charge in [0, 0.05) is 26.3 Å². The molecular weight excluding hydrogens is 242 g/mol. The Kier molecular flexibility index (Phi) is 8.41. The average Bonchev–Trinajstić information content (AvgIpc) is 2.44. The molecule has 0 aromatic heterocycles. The third kappa shape index (κ3) is 6.68. The van der Waals surface area contributed by atoms with Crippen LogP contribution in [-0.2, 0) is 22.6 Å². The Bertz CT molecular complexity index is 344. The van der Waals surface area contributed by atoms with Crippen molar-refractivity contribution in [2.75, 3.05) is 26.4 Å². The van der Waals surface area contributed by atoms with E-state index in [2.05, 4.69) is 17.4 Å². The normalized spacial score (nSPS) is 12.6. The Hall–Kier alpha value is -0.940. The molecule has 19 heavy (non-hydrogen) atoms. The molecule has 108 valence electrons.